The van der Waals surface area contributed by atoms with Crippen molar-refractivity contribution in [3.8, 4) is 0 Å². The molecule has 1 saturated carbocycles. The van der Waals surface area contributed by atoms with E-state index >= 15 is 0 Å². The van der Waals surface area contributed by atoms with Crippen LogP contribution in [0.25, 0.3) is 0 Å². The molecule has 6 heteroatoms. The van der Waals surface area contributed by atoms with E-state index in [9.17, 15) is 18.0 Å². The van der Waals surface area contributed by atoms with Crippen LogP contribution in [0.15, 0.2) is 59.5 Å². The molecule has 3 rings (SSSR count). The van der Waals surface area contributed by atoms with E-state index in [0.717, 1.165) is 31.9 Å². The largest absolute Gasteiger partial charge is 0.465 e. The van der Waals surface area contributed by atoms with Gasteiger partial charge in [0.2, 0.25) is 0 Å². The maximum absolute atomic E-state index is 13.4. The van der Waals surface area contributed by atoms with Crippen molar-refractivity contribution in [2.45, 2.75) is 49.8 Å². The number of hydrogen-bond donors (Lipinski definition) is 0. The summed E-state index contributed by atoms with van der Waals surface area (Å²) in [5, 5.41) is 0. The zero-order chi connectivity index (χ0) is 22.4. The van der Waals surface area contributed by atoms with Crippen molar-refractivity contribution >= 4 is 21.6 Å². The van der Waals surface area contributed by atoms with Crippen LogP contribution in [0.2, 0.25) is 0 Å². The van der Waals surface area contributed by atoms with E-state index in [2.05, 4.69) is 12.1 Å². The van der Waals surface area contributed by atoms with Crippen LogP contribution in [-0.2, 0) is 30.6 Å². The van der Waals surface area contributed by atoms with Crippen LogP contribution in [0.5, 0.6) is 0 Å². The first-order chi connectivity index (χ1) is 14.8. The second-order valence-corrected chi connectivity index (χ2v) is 10.2. The second-order valence-electron chi connectivity index (χ2n) is 8.25. The van der Waals surface area contributed by atoms with Crippen molar-refractivity contribution in [3.05, 3.63) is 65.7 Å². The second kappa shape index (κ2) is 10.2. The van der Waals surface area contributed by atoms with Crippen LogP contribution < -0.4 is 0 Å². The molecule has 1 atom stereocenters. The zero-order valence-corrected chi connectivity index (χ0v) is 18.9. The molecule has 0 saturated heterocycles. The lowest BCUT2D eigenvalue weighted by Crippen LogP contribution is -2.35. The lowest BCUT2D eigenvalue weighted by atomic mass is 9.74. The standard InChI is InChI=1S/C25H30O5S/c1-3-30-25(27)22(17-21-11-7-8-12-23(21)31(2,28)29)24(26)20-15-13-19(14-16-20)18-9-5-4-6-10-18/h4-12,19-20,22H,3,13-17H2,1-2H3/t19-,20-,22?. The van der Waals surface area contributed by atoms with Gasteiger partial charge < -0.3 is 4.74 Å². The third-order valence-electron chi connectivity index (χ3n) is 6.11. The van der Waals surface area contributed by atoms with E-state index in [1.54, 1.807) is 25.1 Å². The Morgan fingerprint density at radius 1 is 0.968 bits per heavy atom. The number of Topliss-reactive ketones (excluding diaryl/α,β-unsaturated/α-hetero) is 1. The predicted molar refractivity (Wildman–Crippen MR) is 120 cm³/mol. The summed E-state index contributed by atoms with van der Waals surface area (Å²) in [5.41, 5.74) is 1.77. The highest BCUT2D eigenvalue weighted by Gasteiger charge is 2.36. The van der Waals surface area contributed by atoms with Gasteiger partial charge in [0.1, 0.15) is 5.92 Å². The number of esters is 1. The number of hydrogen-bond acceptors (Lipinski definition) is 5. The number of sulfone groups is 1. The third kappa shape index (κ3) is 5.82. The Hall–Kier alpha value is -2.47. The van der Waals surface area contributed by atoms with Gasteiger partial charge in [-0.1, -0.05) is 48.5 Å². The molecule has 1 unspecified atom stereocenters. The molecule has 0 N–H and O–H groups in total. The van der Waals surface area contributed by atoms with Crippen LogP contribution in [0.4, 0.5) is 0 Å². The highest BCUT2D eigenvalue weighted by molar-refractivity contribution is 7.90. The molecule has 2 aromatic rings. The molecule has 1 aliphatic carbocycles. The average Bonchev–Trinajstić information content (AvgIpc) is 2.77. The van der Waals surface area contributed by atoms with Gasteiger partial charge >= 0.3 is 5.97 Å². The summed E-state index contributed by atoms with van der Waals surface area (Å²) in [6.07, 6.45) is 4.42. The van der Waals surface area contributed by atoms with Gasteiger partial charge in [-0.25, -0.2) is 8.42 Å². The summed E-state index contributed by atoms with van der Waals surface area (Å²) in [7, 11) is -3.47. The highest BCUT2D eigenvalue weighted by atomic mass is 32.2. The molecular formula is C25H30O5S. The summed E-state index contributed by atoms with van der Waals surface area (Å²) in [6, 6.07) is 16.9. The molecule has 0 radical (unpaired) electrons. The Balaban J connectivity index is 1.77. The summed E-state index contributed by atoms with van der Waals surface area (Å²) in [4.78, 5) is 26.2. The topological polar surface area (TPSA) is 77.5 Å². The molecule has 0 spiro atoms. The normalized spacial score (nSPS) is 20.1. The van der Waals surface area contributed by atoms with E-state index in [1.165, 1.54) is 11.6 Å². The Morgan fingerprint density at radius 3 is 2.19 bits per heavy atom. The maximum atomic E-state index is 13.4. The minimum Gasteiger partial charge on any atom is -0.465 e. The average molecular weight is 443 g/mol. The molecule has 1 aliphatic rings. The number of benzene rings is 2. The highest BCUT2D eigenvalue weighted by Crippen LogP contribution is 2.37. The molecule has 0 bridgehead atoms. The molecular weight excluding hydrogens is 412 g/mol. The van der Waals surface area contributed by atoms with Gasteiger partial charge in [-0.15, -0.1) is 0 Å². The SMILES string of the molecule is CCOC(=O)C(Cc1ccccc1S(C)(=O)=O)C(=O)[C@H]1CC[C@H](c2ccccc2)CC1. The fourth-order valence-electron chi connectivity index (χ4n) is 4.52. The fraction of sp³-hybridized carbons (Fsp3) is 0.440. The van der Waals surface area contributed by atoms with Crippen LogP contribution in [-0.4, -0.2) is 33.0 Å². The monoisotopic (exact) mass is 442 g/mol. The van der Waals surface area contributed by atoms with E-state index in [-0.39, 0.29) is 29.6 Å². The van der Waals surface area contributed by atoms with Gasteiger partial charge in [0.15, 0.2) is 15.6 Å². The summed E-state index contributed by atoms with van der Waals surface area (Å²) >= 11 is 0. The number of carbonyl (C=O) groups is 2. The first kappa shape index (κ1) is 23.2. The minimum absolute atomic E-state index is 0.0412. The molecule has 31 heavy (non-hydrogen) atoms. The summed E-state index contributed by atoms with van der Waals surface area (Å²) < 4.78 is 29.5. The van der Waals surface area contributed by atoms with Crippen molar-refractivity contribution in [2.24, 2.45) is 11.8 Å². The number of carbonyl (C=O) groups excluding carboxylic acids is 2. The van der Waals surface area contributed by atoms with Gasteiger partial charge in [-0.05, 0) is 62.1 Å². The maximum Gasteiger partial charge on any atom is 0.316 e. The van der Waals surface area contributed by atoms with Gasteiger partial charge in [0.05, 0.1) is 11.5 Å². The Kier molecular flexibility index (Phi) is 7.65. The third-order valence-corrected chi connectivity index (χ3v) is 7.31. The van der Waals surface area contributed by atoms with E-state index in [0.29, 0.717) is 11.5 Å². The fourth-order valence-corrected chi connectivity index (χ4v) is 5.47. The van der Waals surface area contributed by atoms with E-state index in [4.69, 9.17) is 4.74 Å². The smallest absolute Gasteiger partial charge is 0.316 e. The number of rotatable bonds is 8. The summed E-state index contributed by atoms with van der Waals surface area (Å²) in [5.74, 6) is -1.47. The lowest BCUT2D eigenvalue weighted by molar-refractivity contribution is -0.152. The van der Waals surface area contributed by atoms with Crippen LogP contribution in [0.1, 0.15) is 49.7 Å². The van der Waals surface area contributed by atoms with E-state index in [1.807, 2.05) is 18.2 Å². The molecule has 2 aromatic carbocycles. The van der Waals surface area contributed by atoms with Crippen molar-refractivity contribution in [2.75, 3.05) is 12.9 Å². The number of ether oxygens (including phenoxy) is 1. The molecule has 5 nitrogen and oxygen atoms in total. The van der Waals surface area contributed by atoms with Crippen LogP contribution >= 0.6 is 0 Å². The van der Waals surface area contributed by atoms with Gasteiger partial charge in [-0.3, -0.25) is 9.59 Å². The quantitative estimate of drug-likeness (QED) is 0.449. The van der Waals surface area contributed by atoms with Crippen LogP contribution in [0, 0.1) is 11.8 Å². The predicted octanol–water partition coefficient (Wildman–Crippen LogP) is 4.36. The molecule has 1 fully saturated rings. The van der Waals surface area contributed by atoms with Crippen molar-refractivity contribution < 1.29 is 22.7 Å². The molecule has 0 heterocycles. The number of ketones is 1. The Morgan fingerprint density at radius 2 is 1.58 bits per heavy atom. The lowest BCUT2D eigenvalue weighted by Gasteiger charge is -2.30. The zero-order valence-electron chi connectivity index (χ0n) is 18.1. The van der Waals surface area contributed by atoms with Gasteiger partial charge in [0, 0.05) is 12.2 Å². The van der Waals surface area contributed by atoms with Crippen molar-refractivity contribution in [1.29, 1.82) is 0 Å². The van der Waals surface area contributed by atoms with Crippen molar-refractivity contribution in [3.63, 3.8) is 0 Å². The molecule has 166 valence electrons. The first-order valence-electron chi connectivity index (χ1n) is 10.8. The van der Waals surface area contributed by atoms with E-state index < -0.39 is 21.7 Å². The Labute approximate surface area is 184 Å². The van der Waals surface area contributed by atoms with Crippen LogP contribution in [0.3, 0.4) is 0 Å². The molecule has 0 amide bonds. The molecule has 0 aromatic heterocycles. The minimum atomic E-state index is -3.47. The molecule has 0 aliphatic heterocycles. The van der Waals surface area contributed by atoms with Gasteiger partial charge in [0.25, 0.3) is 0 Å². The first-order valence-corrected chi connectivity index (χ1v) is 12.7. The van der Waals surface area contributed by atoms with Gasteiger partial charge in [-0.2, -0.15) is 0 Å². The Bertz CT molecular complexity index is 1010. The van der Waals surface area contributed by atoms with Crippen molar-refractivity contribution in [1.82, 2.24) is 0 Å². The summed E-state index contributed by atoms with van der Waals surface area (Å²) in [6.45, 7) is 1.88.